The fourth-order valence-electron chi connectivity index (χ4n) is 2.10. The summed E-state index contributed by atoms with van der Waals surface area (Å²) in [4.78, 5) is 11.6. The summed E-state index contributed by atoms with van der Waals surface area (Å²) in [6, 6.07) is 0.536. The fourth-order valence-corrected chi connectivity index (χ4v) is 2.10. The number of hydrogen-bond donors (Lipinski definition) is 2. The second-order valence-corrected chi connectivity index (χ2v) is 4.73. The molecular formula is C14H26N2O2. The van der Waals surface area contributed by atoms with Gasteiger partial charge in [0, 0.05) is 19.0 Å². The lowest BCUT2D eigenvalue weighted by Crippen LogP contribution is -2.35. The minimum absolute atomic E-state index is 0.134. The molecule has 4 nitrogen and oxygen atoms in total. The van der Waals surface area contributed by atoms with Gasteiger partial charge in [-0.05, 0) is 32.2 Å². The summed E-state index contributed by atoms with van der Waals surface area (Å²) in [6.07, 6.45) is 8.02. The van der Waals surface area contributed by atoms with Crippen molar-refractivity contribution in [1.82, 2.24) is 10.6 Å². The molecule has 1 unspecified atom stereocenters. The number of amides is 1. The minimum atomic E-state index is 0.134. The van der Waals surface area contributed by atoms with E-state index in [4.69, 9.17) is 4.74 Å². The number of nitrogens with one attached hydrogen (secondary N) is 2. The maximum Gasteiger partial charge on any atom is 0.220 e. The van der Waals surface area contributed by atoms with Gasteiger partial charge in [-0.3, -0.25) is 4.79 Å². The van der Waals surface area contributed by atoms with Crippen molar-refractivity contribution in [2.75, 3.05) is 26.3 Å². The van der Waals surface area contributed by atoms with Crippen molar-refractivity contribution < 1.29 is 9.53 Å². The number of ether oxygens (including phenoxy) is 1. The highest BCUT2D eigenvalue weighted by atomic mass is 16.5. The second-order valence-electron chi connectivity index (χ2n) is 4.73. The average Bonchev–Trinajstić information content (AvgIpc) is 2.41. The Bertz CT molecular complexity index is 238. The van der Waals surface area contributed by atoms with Gasteiger partial charge in [-0.2, -0.15) is 0 Å². The zero-order chi connectivity index (χ0) is 13.1. The molecule has 2 N–H and O–H groups in total. The van der Waals surface area contributed by atoms with Crippen LogP contribution < -0.4 is 10.6 Å². The Hall–Kier alpha value is -0.870. The first kappa shape index (κ1) is 15.2. The van der Waals surface area contributed by atoms with E-state index in [-0.39, 0.29) is 5.91 Å². The van der Waals surface area contributed by atoms with E-state index in [0.717, 1.165) is 19.4 Å². The molecule has 1 fully saturated rings. The van der Waals surface area contributed by atoms with Crippen molar-refractivity contribution in [2.45, 2.75) is 44.6 Å². The predicted molar refractivity (Wildman–Crippen MR) is 73.5 cm³/mol. The van der Waals surface area contributed by atoms with E-state index in [2.05, 4.69) is 17.2 Å². The second kappa shape index (κ2) is 10.1. The van der Waals surface area contributed by atoms with Crippen LogP contribution in [0.2, 0.25) is 0 Å². The SMILES string of the molecule is C=CCCOCCNC(=O)CCC1CCCCN1. The molecule has 1 aliphatic heterocycles. The van der Waals surface area contributed by atoms with Crippen molar-refractivity contribution in [1.29, 1.82) is 0 Å². The van der Waals surface area contributed by atoms with Gasteiger partial charge in [-0.15, -0.1) is 6.58 Å². The lowest BCUT2D eigenvalue weighted by Gasteiger charge is -2.23. The van der Waals surface area contributed by atoms with Gasteiger partial charge in [0.05, 0.1) is 13.2 Å². The Morgan fingerprint density at radius 1 is 1.44 bits per heavy atom. The molecule has 0 radical (unpaired) electrons. The quantitative estimate of drug-likeness (QED) is 0.485. The molecule has 1 saturated heterocycles. The molecule has 0 spiro atoms. The minimum Gasteiger partial charge on any atom is -0.379 e. The highest BCUT2D eigenvalue weighted by Crippen LogP contribution is 2.11. The predicted octanol–water partition coefficient (Wildman–Crippen LogP) is 1.62. The van der Waals surface area contributed by atoms with E-state index in [1.807, 2.05) is 6.08 Å². The zero-order valence-corrected chi connectivity index (χ0v) is 11.2. The van der Waals surface area contributed by atoms with E-state index >= 15 is 0 Å². The van der Waals surface area contributed by atoms with E-state index in [0.29, 0.717) is 32.2 Å². The molecular weight excluding hydrogens is 228 g/mol. The highest BCUT2D eigenvalue weighted by molar-refractivity contribution is 5.75. The molecule has 0 bridgehead atoms. The number of carbonyl (C=O) groups is 1. The van der Waals surface area contributed by atoms with Crippen molar-refractivity contribution in [3.05, 3.63) is 12.7 Å². The molecule has 1 aliphatic rings. The third-order valence-electron chi connectivity index (χ3n) is 3.17. The van der Waals surface area contributed by atoms with Crippen LogP contribution in [-0.2, 0) is 9.53 Å². The molecule has 1 atom stereocenters. The van der Waals surface area contributed by atoms with Crippen LogP contribution in [0.25, 0.3) is 0 Å². The largest absolute Gasteiger partial charge is 0.379 e. The fraction of sp³-hybridized carbons (Fsp3) is 0.786. The third-order valence-corrected chi connectivity index (χ3v) is 3.17. The van der Waals surface area contributed by atoms with Crippen LogP contribution in [0.3, 0.4) is 0 Å². The van der Waals surface area contributed by atoms with Gasteiger partial charge in [-0.25, -0.2) is 0 Å². The van der Waals surface area contributed by atoms with E-state index in [9.17, 15) is 4.79 Å². The van der Waals surface area contributed by atoms with Crippen molar-refractivity contribution in [3.63, 3.8) is 0 Å². The van der Waals surface area contributed by atoms with Gasteiger partial charge in [0.1, 0.15) is 0 Å². The summed E-state index contributed by atoms with van der Waals surface area (Å²) in [5, 5.41) is 6.33. The van der Waals surface area contributed by atoms with Gasteiger partial charge in [0.25, 0.3) is 0 Å². The third kappa shape index (κ3) is 7.45. The molecule has 1 amide bonds. The summed E-state index contributed by atoms with van der Waals surface area (Å²) in [7, 11) is 0. The van der Waals surface area contributed by atoms with Gasteiger partial charge in [0.15, 0.2) is 0 Å². The Kier molecular flexibility index (Phi) is 8.51. The zero-order valence-electron chi connectivity index (χ0n) is 11.2. The first-order chi connectivity index (χ1) is 8.83. The number of hydrogen-bond acceptors (Lipinski definition) is 3. The first-order valence-electron chi connectivity index (χ1n) is 7.01. The van der Waals surface area contributed by atoms with Crippen LogP contribution in [0.15, 0.2) is 12.7 Å². The lowest BCUT2D eigenvalue weighted by molar-refractivity contribution is -0.121. The van der Waals surface area contributed by atoms with Crippen molar-refractivity contribution in [2.24, 2.45) is 0 Å². The van der Waals surface area contributed by atoms with E-state index in [1.54, 1.807) is 0 Å². The summed E-state index contributed by atoms with van der Waals surface area (Å²) in [5.41, 5.74) is 0. The lowest BCUT2D eigenvalue weighted by atomic mass is 10.0. The van der Waals surface area contributed by atoms with Crippen LogP contribution in [0.1, 0.15) is 38.5 Å². The average molecular weight is 254 g/mol. The van der Waals surface area contributed by atoms with Crippen LogP contribution in [-0.4, -0.2) is 38.3 Å². The number of rotatable bonds is 9. The summed E-state index contributed by atoms with van der Waals surface area (Å²) in [6.45, 7) is 6.60. The monoisotopic (exact) mass is 254 g/mol. The normalized spacial score (nSPS) is 19.4. The number of piperidine rings is 1. The van der Waals surface area contributed by atoms with E-state index < -0.39 is 0 Å². The van der Waals surface area contributed by atoms with Crippen molar-refractivity contribution in [3.8, 4) is 0 Å². The number of carbonyl (C=O) groups excluding carboxylic acids is 1. The van der Waals surface area contributed by atoms with Crippen LogP contribution in [0, 0.1) is 0 Å². The standard InChI is InChI=1S/C14H26N2O2/c1-2-3-11-18-12-10-16-14(17)8-7-13-6-4-5-9-15-13/h2,13,15H,1,3-12H2,(H,16,17). The van der Waals surface area contributed by atoms with Crippen LogP contribution in [0.4, 0.5) is 0 Å². The molecule has 0 aliphatic carbocycles. The van der Waals surface area contributed by atoms with Gasteiger partial charge >= 0.3 is 0 Å². The van der Waals surface area contributed by atoms with Gasteiger partial charge in [0.2, 0.25) is 5.91 Å². The topological polar surface area (TPSA) is 50.4 Å². The molecule has 104 valence electrons. The molecule has 4 heteroatoms. The molecule has 0 saturated carbocycles. The molecule has 1 heterocycles. The molecule has 18 heavy (non-hydrogen) atoms. The molecule has 0 aromatic heterocycles. The summed E-state index contributed by atoms with van der Waals surface area (Å²) < 4.78 is 5.32. The maximum atomic E-state index is 11.6. The maximum absolute atomic E-state index is 11.6. The Morgan fingerprint density at radius 2 is 2.33 bits per heavy atom. The Balaban J connectivity index is 1.91. The van der Waals surface area contributed by atoms with Crippen LogP contribution in [0.5, 0.6) is 0 Å². The van der Waals surface area contributed by atoms with Crippen LogP contribution >= 0.6 is 0 Å². The van der Waals surface area contributed by atoms with Gasteiger partial charge in [-0.1, -0.05) is 12.5 Å². The first-order valence-corrected chi connectivity index (χ1v) is 7.01. The Morgan fingerprint density at radius 3 is 3.06 bits per heavy atom. The highest BCUT2D eigenvalue weighted by Gasteiger charge is 2.13. The summed E-state index contributed by atoms with van der Waals surface area (Å²) >= 11 is 0. The van der Waals surface area contributed by atoms with Gasteiger partial charge < -0.3 is 15.4 Å². The smallest absolute Gasteiger partial charge is 0.220 e. The summed E-state index contributed by atoms with van der Waals surface area (Å²) in [5.74, 6) is 0.134. The van der Waals surface area contributed by atoms with Crippen molar-refractivity contribution >= 4 is 5.91 Å². The molecule has 1 rings (SSSR count). The molecule has 0 aromatic rings. The van der Waals surface area contributed by atoms with E-state index in [1.165, 1.54) is 19.3 Å². The molecule has 0 aromatic carbocycles. The Labute approximate surface area is 110 Å².